The average Bonchev–Trinajstić information content (AvgIpc) is 2.94. The number of rotatable bonds is 4. The summed E-state index contributed by atoms with van der Waals surface area (Å²) in [7, 11) is 0. The van der Waals surface area contributed by atoms with Crippen molar-refractivity contribution in [3.8, 4) is 0 Å². The quantitative estimate of drug-likeness (QED) is 0.558. The summed E-state index contributed by atoms with van der Waals surface area (Å²) in [6, 6.07) is 20.2. The Bertz CT molecular complexity index is 1200. The number of hydrogen-bond acceptors (Lipinski definition) is 3. The average molecular weight is 417 g/mol. The lowest BCUT2D eigenvalue weighted by Crippen LogP contribution is -2.32. The SMILES string of the molecule is Cc1ccc(C2=C(Nc3ccc(Cl)cc3C)C(=O)N(c3ccccc3)C2=O)c(C)c1. The fourth-order valence-corrected chi connectivity index (χ4v) is 3.93. The normalized spacial score (nSPS) is 13.9. The van der Waals surface area contributed by atoms with Crippen molar-refractivity contribution < 1.29 is 9.59 Å². The van der Waals surface area contributed by atoms with Gasteiger partial charge in [0.2, 0.25) is 0 Å². The van der Waals surface area contributed by atoms with Crippen LogP contribution in [-0.2, 0) is 9.59 Å². The molecular weight excluding hydrogens is 396 g/mol. The molecule has 0 spiro atoms. The van der Waals surface area contributed by atoms with Crippen LogP contribution in [0.15, 0.2) is 72.4 Å². The number of amides is 2. The highest BCUT2D eigenvalue weighted by Gasteiger charge is 2.40. The minimum absolute atomic E-state index is 0.265. The van der Waals surface area contributed by atoms with E-state index < -0.39 is 0 Å². The summed E-state index contributed by atoms with van der Waals surface area (Å²) in [4.78, 5) is 28.1. The Balaban J connectivity index is 1.88. The largest absolute Gasteiger partial charge is 0.350 e. The number of hydrogen-bond donors (Lipinski definition) is 1. The van der Waals surface area contributed by atoms with Gasteiger partial charge in [-0.25, -0.2) is 4.90 Å². The maximum Gasteiger partial charge on any atom is 0.282 e. The Kier molecular flexibility index (Phi) is 5.18. The van der Waals surface area contributed by atoms with Crippen LogP contribution in [0.3, 0.4) is 0 Å². The van der Waals surface area contributed by atoms with Crippen LogP contribution >= 0.6 is 11.6 Å². The van der Waals surface area contributed by atoms with Crippen LogP contribution < -0.4 is 10.2 Å². The second kappa shape index (κ2) is 7.81. The topological polar surface area (TPSA) is 49.4 Å². The van der Waals surface area contributed by atoms with E-state index in [0.717, 1.165) is 27.9 Å². The van der Waals surface area contributed by atoms with E-state index in [4.69, 9.17) is 11.6 Å². The van der Waals surface area contributed by atoms with E-state index in [1.165, 1.54) is 4.90 Å². The summed E-state index contributed by atoms with van der Waals surface area (Å²) in [6.45, 7) is 5.85. The monoisotopic (exact) mass is 416 g/mol. The minimum atomic E-state index is -0.379. The molecule has 3 aromatic carbocycles. The first-order valence-corrected chi connectivity index (χ1v) is 10.0. The van der Waals surface area contributed by atoms with Crippen molar-refractivity contribution in [2.75, 3.05) is 10.2 Å². The van der Waals surface area contributed by atoms with Crippen LogP contribution in [0.5, 0.6) is 0 Å². The first-order chi connectivity index (χ1) is 14.4. The first-order valence-electron chi connectivity index (χ1n) is 9.65. The molecule has 0 aliphatic carbocycles. The molecule has 1 heterocycles. The third kappa shape index (κ3) is 3.51. The number of halogens is 1. The van der Waals surface area contributed by atoms with Gasteiger partial charge >= 0.3 is 0 Å². The van der Waals surface area contributed by atoms with Crippen LogP contribution in [0.25, 0.3) is 5.57 Å². The Morgan fingerprint density at radius 3 is 2.20 bits per heavy atom. The molecule has 4 rings (SSSR count). The maximum absolute atomic E-state index is 13.5. The third-order valence-electron chi connectivity index (χ3n) is 5.20. The smallest absolute Gasteiger partial charge is 0.282 e. The predicted octanol–water partition coefficient (Wildman–Crippen LogP) is 5.66. The Morgan fingerprint density at radius 1 is 0.800 bits per heavy atom. The van der Waals surface area contributed by atoms with E-state index in [-0.39, 0.29) is 17.5 Å². The number of nitrogens with one attached hydrogen (secondary N) is 1. The fourth-order valence-electron chi connectivity index (χ4n) is 3.70. The number of aryl methyl sites for hydroxylation is 3. The van der Waals surface area contributed by atoms with Gasteiger partial charge in [0.1, 0.15) is 5.70 Å². The molecule has 0 radical (unpaired) electrons. The standard InChI is InChI=1S/C25H21ClN2O2/c1-15-9-11-20(16(2)13-15)22-23(27-21-12-10-18(26)14-17(21)3)25(30)28(24(22)29)19-7-5-4-6-8-19/h4-14,27H,1-3H3. The van der Waals surface area contributed by atoms with Crippen molar-refractivity contribution in [3.05, 3.63) is 99.7 Å². The van der Waals surface area contributed by atoms with E-state index >= 15 is 0 Å². The highest BCUT2D eigenvalue weighted by atomic mass is 35.5. The van der Waals surface area contributed by atoms with E-state index in [1.54, 1.807) is 18.2 Å². The molecule has 0 bridgehead atoms. The molecule has 0 aromatic heterocycles. The highest BCUT2D eigenvalue weighted by Crippen LogP contribution is 2.35. The second-order valence-corrected chi connectivity index (χ2v) is 7.87. The van der Waals surface area contributed by atoms with Gasteiger partial charge in [-0.1, -0.05) is 53.6 Å². The highest BCUT2D eigenvalue weighted by molar-refractivity contribution is 6.46. The minimum Gasteiger partial charge on any atom is -0.350 e. The lowest BCUT2D eigenvalue weighted by molar-refractivity contribution is -0.120. The second-order valence-electron chi connectivity index (χ2n) is 7.43. The lowest BCUT2D eigenvalue weighted by atomic mass is 9.97. The molecule has 0 fully saturated rings. The molecule has 1 N–H and O–H groups in total. The molecule has 2 amide bonds. The molecule has 0 saturated heterocycles. The zero-order valence-corrected chi connectivity index (χ0v) is 17.7. The molecule has 30 heavy (non-hydrogen) atoms. The van der Waals surface area contributed by atoms with Crippen LogP contribution in [0.2, 0.25) is 5.02 Å². The van der Waals surface area contributed by atoms with Gasteiger partial charge in [-0.3, -0.25) is 9.59 Å². The molecule has 0 saturated carbocycles. The van der Waals surface area contributed by atoms with Crippen molar-refractivity contribution in [2.24, 2.45) is 0 Å². The van der Waals surface area contributed by atoms with Crippen LogP contribution in [0.4, 0.5) is 11.4 Å². The van der Waals surface area contributed by atoms with Gasteiger partial charge < -0.3 is 5.32 Å². The third-order valence-corrected chi connectivity index (χ3v) is 5.43. The number of carbonyl (C=O) groups excluding carboxylic acids is 2. The molecule has 5 heteroatoms. The van der Waals surface area contributed by atoms with Gasteiger partial charge in [-0.2, -0.15) is 0 Å². The zero-order chi connectivity index (χ0) is 21.4. The van der Waals surface area contributed by atoms with Gasteiger partial charge in [0, 0.05) is 10.7 Å². The van der Waals surface area contributed by atoms with Crippen LogP contribution in [-0.4, -0.2) is 11.8 Å². The summed E-state index contributed by atoms with van der Waals surface area (Å²) in [5.74, 6) is -0.720. The summed E-state index contributed by atoms with van der Waals surface area (Å²) in [5.41, 5.74) is 5.56. The van der Waals surface area contributed by atoms with E-state index in [0.29, 0.717) is 16.3 Å². The predicted molar refractivity (Wildman–Crippen MR) is 122 cm³/mol. The summed E-state index contributed by atoms with van der Waals surface area (Å²) in [6.07, 6.45) is 0. The Morgan fingerprint density at radius 2 is 1.53 bits per heavy atom. The van der Waals surface area contributed by atoms with E-state index in [9.17, 15) is 9.59 Å². The Hall–Kier alpha value is -3.37. The van der Waals surface area contributed by atoms with E-state index in [1.807, 2.05) is 69.3 Å². The van der Waals surface area contributed by atoms with Gasteiger partial charge in [-0.05, 0) is 67.8 Å². The van der Waals surface area contributed by atoms with Crippen molar-refractivity contribution in [3.63, 3.8) is 0 Å². The number of imide groups is 1. The zero-order valence-electron chi connectivity index (χ0n) is 17.0. The summed E-state index contributed by atoms with van der Waals surface area (Å²) >= 11 is 6.08. The van der Waals surface area contributed by atoms with Crippen LogP contribution in [0, 0.1) is 20.8 Å². The van der Waals surface area contributed by atoms with E-state index in [2.05, 4.69) is 5.32 Å². The number of para-hydroxylation sites is 1. The first kappa shape index (κ1) is 19.9. The van der Waals surface area contributed by atoms with Gasteiger partial charge in [0.15, 0.2) is 0 Å². The molecular formula is C25H21ClN2O2. The Labute approximate surface area is 180 Å². The summed E-state index contributed by atoms with van der Waals surface area (Å²) < 4.78 is 0. The molecule has 3 aromatic rings. The number of carbonyl (C=O) groups is 2. The molecule has 150 valence electrons. The van der Waals surface area contributed by atoms with Crippen molar-refractivity contribution in [2.45, 2.75) is 20.8 Å². The fraction of sp³-hybridized carbons (Fsp3) is 0.120. The van der Waals surface area contributed by atoms with Crippen molar-refractivity contribution >= 4 is 40.4 Å². The lowest BCUT2D eigenvalue weighted by Gasteiger charge is -2.15. The maximum atomic E-state index is 13.5. The number of nitrogens with zero attached hydrogens (tertiary/aromatic N) is 1. The molecule has 0 unspecified atom stereocenters. The molecule has 1 aliphatic rings. The van der Waals surface area contributed by atoms with Crippen molar-refractivity contribution in [1.29, 1.82) is 0 Å². The number of benzene rings is 3. The molecule has 4 nitrogen and oxygen atoms in total. The number of anilines is 2. The molecule has 1 aliphatic heterocycles. The van der Waals surface area contributed by atoms with Gasteiger partial charge in [0.25, 0.3) is 11.8 Å². The van der Waals surface area contributed by atoms with Gasteiger partial charge in [0.05, 0.1) is 11.3 Å². The van der Waals surface area contributed by atoms with Crippen molar-refractivity contribution in [1.82, 2.24) is 0 Å². The summed E-state index contributed by atoms with van der Waals surface area (Å²) in [5, 5.41) is 3.83. The van der Waals surface area contributed by atoms with Gasteiger partial charge in [-0.15, -0.1) is 0 Å². The van der Waals surface area contributed by atoms with Crippen LogP contribution in [0.1, 0.15) is 22.3 Å². The molecule has 0 atom stereocenters.